The van der Waals surface area contributed by atoms with Gasteiger partial charge in [-0.3, -0.25) is 0 Å². The van der Waals surface area contributed by atoms with E-state index in [-0.39, 0.29) is 36.9 Å². The second-order valence-corrected chi connectivity index (χ2v) is 4.43. The molecule has 0 saturated heterocycles. The monoisotopic (exact) mass is 275 g/mol. The Morgan fingerprint density at radius 2 is 2.16 bits per heavy atom. The van der Waals surface area contributed by atoms with Crippen molar-refractivity contribution in [3.05, 3.63) is 11.5 Å². The molecule has 19 heavy (non-hydrogen) atoms. The summed E-state index contributed by atoms with van der Waals surface area (Å²) in [5.41, 5.74) is 0. The minimum Gasteiger partial charge on any atom is -0.506 e. The fraction of sp³-hybridized carbons (Fsp3) is 0.846. The predicted molar refractivity (Wildman–Crippen MR) is 71.0 cm³/mol. The van der Waals surface area contributed by atoms with Crippen molar-refractivity contribution in [1.82, 2.24) is 5.32 Å². The third-order valence-electron chi connectivity index (χ3n) is 3.08. The molecule has 0 spiro atoms. The minimum absolute atomic E-state index is 0.0708. The van der Waals surface area contributed by atoms with Crippen molar-refractivity contribution in [2.45, 2.75) is 38.5 Å². The van der Waals surface area contributed by atoms with E-state index in [1.807, 2.05) is 13.8 Å². The summed E-state index contributed by atoms with van der Waals surface area (Å²) in [6.45, 7) is 5.26. The van der Waals surface area contributed by atoms with Crippen molar-refractivity contribution >= 4 is 0 Å². The summed E-state index contributed by atoms with van der Waals surface area (Å²) in [6, 6.07) is -0.217. The molecule has 3 unspecified atom stereocenters. The summed E-state index contributed by atoms with van der Waals surface area (Å²) in [4.78, 5) is 0. The summed E-state index contributed by atoms with van der Waals surface area (Å²) in [5, 5.41) is 22.6. The van der Waals surface area contributed by atoms with Gasteiger partial charge in [0.05, 0.1) is 6.04 Å². The molecule has 0 aromatic carbocycles. The highest BCUT2D eigenvalue weighted by molar-refractivity contribution is 5.13. The number of aliphatic hydroxyl groups is 2. The van der Waals surface area contributed by atoms with E-state index in [0.717, 1.165) is 13.0 Å². The molecule has 0 amide bonds. The predicted octanol–water partition coefficient (Wildman–Crippen LogP) is 0.567. The maximum Gasteiger partial charge on any atom is 0.163 e. The molecule has 6 heteroatoms. The molecule has 0 aromatic rings. The lowest BCUT2D eigenvalue weighted by Crippen LogP contribution is -2.51. The lowest BCUT2D eigenvalue weighted by Gasteiger charge is -2.30. The van der Waals surface area contributed by atoms with Crippen LogP contribution in [0.25, 0.3) is 0 Å². The van der Waals surface area contributed by atoms with Crippen molar-refractivity contribution < 1.29 is 24.4 Å². The van der Waals surface area contributed by atoms with Crippen LogP contribution in [0, 0.1) is 0 Å². The van der Waals surface area contributed by atoms with Crippen LogP contribution in [-0.2, 0) is 14.2 Å². The van der Waals surface area contributed by atoms with Crippen LogP contribution in [0.1, 0.15) is 20.3 Å². The van der Waals surface area contributed by atoms with Gasteiger partial charge in [0, 0.05) is 13.7 Å². The lowest BCUT2D eigenvalue weighted by molar-refractivity contribution is -0.0438. The Labute approximate surface area is 114 Å². The van der Waals surface area contributed by atoms with Crippen molar-refractivity contribution in [2.24, 2.45) is 0 Å². The van der Waals surface area contributed by atoms with Gasteiger partial charge in [-0.15, -0.1) is 0 Å². The molecule has 1 rings (SSSR count). The Morgan fingerprint density at radius 3 is 2.68 bits per heavy atom. The van der Waals surface area contributed by atoms with Crippen LogP contribution in [0.4, 0.5) is 0 Å². The van der Waals surface area contributed by atoms with Gasteiger partial charge >= 0.3 is 0 Å². The summed E-state index contributed by atoms with van der Waals surface area (Å²) < 4.78 is 16.5. The van der Waals surface area contributed by atoms with Gasteiger partial charge in [-0.05, 0) is 13.0 Å². The molecule has 3 N–H and O–H groups in total. The average molecular weight is 275 g/mol. The van der Waals surface area contributed by atoms with Gasteiger partial charge in [-0.2, -0.15) is 0 Å². The summed E-state index contributed by atoms with van der Waals surface area (Å²) >= 11 is 0. The molecule has 0 aromatic heterocycles. The zero-order valence-corrected chi connectivity index (χ0v) is 11.9. The highest BCUT2D eigenvalue weighted by Gasteiger charge is 2.37. The fourth-order valence-electron chi connectivity index (χ4n) is 2.16. The van der Waals surface area contributed by atoms with Gasteiger partial charge in [0.15, 0.2) is 11.5 Å². The minimum atomic E-state index is -0.591. The van der Waals surface area contributed by atoms with Gasteiger partial charge in [0.25, 0.3) is 0 Å². The summed E-state index contributed by atoms with van der Waals surface area (Å²) in [6.07, 6.45) is 0.0710. The number of methoxy groups -OCH3 is 1. The van der Waals surface area contributed by atoms with Crippen molar-refractivity contribution in [1.29, 1.82) is 0 Å². The van der Waals surface area contributed by atoms with Crippen molar-refractivity contribution in [3.63, 3.8) is 0 Å². The number of nitrogens with one attached hydrogen (secondary N) is 1. The molecule has 1 aliphatic rings. The maximum absolute atomic E-state index is 10.1. The fourth-order valence-corrected chi connectivity index (χ4v) is 2.16. The molecule has 0 fully saturated rings. The number of hydrogen-bond donors (Lipinski definition) is 3. The van der Waals surface area contributed by atoms with Crippen molar-refractivity contribution in [2.75, 3.05) is 33.5 Å². The Morgan fingerprint density at radius 1 is 1.42 bits per heavy atom. The van der Waals surface area contributed by atoms with E-state index in [1.165, 1.54) is 7.11 Å². The van der Waals surface area contributed by atoms with Crippen LogP contribution < -0.4 is 5.32 Å². The Kier molecular flexibility index (Phi) is 7.15. The zero-order chi connectivity index (χ0) is 14.3. The van der Waals surface area contributed by atoms with Crippen LogP contribution in [0.5, 0.6) is 0 Å². The Balaban J connectivity index is 2.92. The third kappa shape index (κ3) is 4.07. The third-order valence-corrected chi connectivity index (χ3v) is 3.08. The SMILES string of the molecule is CCCOC1COC(CO)=C(O)C(OC)C1NCC. The molecule has 3 atom stereocenters. The molecular weight excluding hydrogens is 250 g/mol. The van der Waals surface area contributed by atoms with E-state index >= 15 is 0 Å². The molecular formula is C13H25NO5. The van der Waals surface area contributed by atoms with Crippen LogP contribution in [0.15, 0.2) is 11.5 Å². The molecule has 0 aliphatic carbocycles. The number of rotatable bonds is 7. The first-order valence-corrected chi connectivity index (χ1v) is 6.72. The maximum atomic E-state index is 10.1. The Bertz CT molecular complexity index is 295. The topological polar surface area (TPSA) is 80.2 Å². The number of hydrogen-bond acceptors (Lipinski definition) is 6. The standard InChI is InChI=1S/C13H25NO5/c1-4-6-18-10-8-19-9(7-15)12(16)13(17-3)11(10)14-5-2/h10-11,13-16H,4-8H2,1-3H3. The molecule has 0 radical (unpaired) electrons. The van der Waals surface area contributed by atoms with Crippen LogP contribution in [-0.4, -0.2) is 61.9 Å². The van der Waals surface area contributed by atoms with E-state index in [9.17, 15) is 10.2 Å². The first kappa shape index (κ1) is 16.2. The summed E-state index contributed by atoms with van der Waals surface area (Å²) in [5.74, 6) is 0.0795. The first-order chi connectivity index (χ1) is 9.19. The molecule has 1 heterocycles. The Hall–Kier alpha value is -0.820. The highest BCUT2D eigenvalue weighted by Crippen LogP contribution is 2.22. The second kappa shape index (κ2) is 8.37. The van der Waals surface area contributed by atoms with Gasteiger partial charge < -0.3 is 29.7 Å². The summed E-state index contributed by atoms with van der Waals surface area (Å²) in [7, 11) is 1.52. The van der Waals surface area contributed by atoms with E-state index in [1.54, 1.807) is 0 Å². The van der Waals surface area contributed by atoms with Crippen LogP contribution >= 0.6 is 0 Å². The molecule has 6 nitrogen and oxygen atoms in total. The largest absolute Gasteiger partial charge is 0.506 e. The van der Waals surface area contributed by atoms with Gasteiger partial charge in [0.2, 0.25) is 0 Å². The van der Waals surface area contributed by atoms with E-state index < -0.39 is 6.10 Å². The van der Waals surface area contributed by atoms with E-state index in [4.69, 9.17) is 14.2 Å². The second-order valence-electron chi connectivity index (χ2n) is 4.43. The van der Waals surface area contributed by atoms with Gasteiger partial charge in [-0.1, -0.05) is 13.8 Å². The number of ether oxygens (including phenoxy) is 3. The van der Waals surface area contributed by atoms with E-state index in [0.29, 0.717) is 6.61 Å². The molecule has 1 aliphatic heterocycles. The first-order valence-electron chi connectivity index (χ1n) is 6.72. The molecule has 112 valence electrons. The lowest BCUT2D eigenvalue weighted by atomic mass is 10.0. The highest BCUT2D eigenvalue weighted by atomic mass is 16.6. The number of aliphatic hydroxyl groups excluding tert-OH is 2. The average Bonchev–Trinajstić information content (AvgIpc) is 2.54. The number of likely N-dealkylation sites (N-methyl/N-ethyl adjacent to an activating group) is 1. The zero-order valence-electron chi connectivity index (χ0n) is 11.9. The normalized spacial score (nSPS) is 28.1. The van der Waals surface area contributed by atoms with Crippen molar-refractivity contribution in [3.8, 4) is 0 Å². The van der Waals surface area contributed by atoms with Crippen LogP contribution in [0.3, 0.4) is 0 Å². The van der Waals surface area contributed by atoms with Gasteiger partial charge in [-0.25, -0.2) is 0 Å². The van der Waals surface area contributed by atoms with E-state index in [2.05, 4.69) is 5.32 Å². The molecule has 0 bridgehead atoms. The van der Waals surface area contributed by atoms with Gasteiger partial charge in [0.1, 0.15) is 25.4 Å². The van der Waals surface area contributed by atoms with Crippen LogP contribution in [0.2, 0.25) is 0 Å². The quantitative estimate of drug-likeness (QED) is 0.630. The molecule has 0 saturated carbocycles. The smallest absolute Gasteiger partial charge is 0.163 e.